The van der Waals surface area contributed by atoms with Gasteiger partial charge in [-0.3, -0.25) is 4.79 Å². The third-order valence-electron chi connectivity index (χ3n) is 1.76. The van der Waals surface area contributed by atoms with Gasteiger partial charge in [-0.15, -0.1) is 11.6 Å². The summed E-state index contributed by atoms with van der Waals surface area (Å²) in [6.45, 7) is 1.63. The summed E-state index contributed by atoms with van der Waals surface area (Å²) >= 11 is 10.6. The van der Waals surface area contributed by atoms with Crippen molar-refractivity contribution in [3.05, 3.63) is 0 Å². The molecular weight excluding hydrogens is 239 g/mol. The summed E-state index contributed by atoms with van der Waals surface area (Å²) in [4.78, 5) is 10.3. The molecule has 0 rings (SSSR count). The van der Waals surface area contributed by atoms with Crippen molar-refractivity contribution in [3.8, 4) is 0 Å². The van der Waals surface area contributed by atoms with Crippen molar-refractivity contribution in [2.75, 3.05) is 32.3 Å². The van der Waals surface area contributed by atoms with Gasteiger partial charge in [-0.2, -0.15) is 0 Å². The number of rotatable bonds is 11. The van der Waals surface area contributed by atoms with E-state index in [1.165, 1.54) is 0 Å². The van der Waals surface area contributed by atoms with E-state index in [1.807, 2.05) is 0 Å². The third kappa shape index (κ3) is 14.2. The van der Waals surface area contributed by atoms with E-state index in [-0.39, 0.29) is 6.61 Å². The average molecular weight is 257 g/mol. The maximum atomic E-state index is 10.3. The number of hydrogen-bond acceptors (Lipinski definition) is 3. The smallest absolute Gasteiger partial charge is 0.247 e. The van der Waals surface area contributed by atoms with E-state index >= 15 is 0 Å². The highest BCUT2D eigenvalue weighted by molar-refractivity contribution is 6.63. The molecule has 0 aliphatic carbocycles. The highest BCUT2D eigenvalue weighted by Crippen LogP contribution is 2.00. The van der Waals surface area contributed by atoms with Crippen LogP contribution in [0, 0.1) is 0 Å². The summed E-state index contributed by atoms with van der Waals surface area (Å²) in [5.74, 6) is 0.737. The van der Waals surface area contributed by atoms with Gasteiger partial charge < -0.3 is 9.47 Å². The molecule has 0 aliphatic rings. The van der Waals surface area contributed by atoms with Crippen LogP contribution in [-0.2, 0) is 14.3 Å². The largest absolute Gasteiger partial charge is 0.379 e. The van der Waals surface area contributed by atoms with E-state index in [4.69, 9.17) is 32.7 Å². The molecule has 0 amide bonds. The van der Waals surface area contributed by atoms with Crippen LogP contribution in [0.25, 0.3) is 0 Å². The van der Waals surface area contributed by atoms with E-state index in [1.54, 1.807) is 0 Å². The molecule has 0 bridgehead atoms. The zero-order valence-corrected chi connectivity index (χ0v) is 10.4. The van der Waals surface area contributed by atoms with Gasteiger partial charge in [-0.1, -0.05) is 12.8 Å². The molecule has 0 aliphatic heterocycles. The maximum Gasteiger partial charge on any atom is 0.247 e. The van der Waals surface area contributed by atoms with Gasteiger partial charge in [0.25, 0.3) is 0 Å². The van der Waals surface area contributed by atoms with Crippen LogP contribution in [0.3, 0.4) is 0 Å². The Labute approximate surface area is 101 Å². The zero-order chi connectivity index (χ0) is 11.4. The highest BCUT2D eigenvalue weighted by Gasteiger charge is 1.95. The van der Waals surface area contributed by atoms with E-state index in [0.717, 1.165) is 38.2 Å². The van der Waals surface area contributed by atoms with Crippen molar-refractivity contribution in [2.45, 2.75) is 25.7 Å². The Hall–Kier alpha value is 0.170. The fraction of sp³-hybridized carbons (Fsp3) is 0.900. The topological polar surface area (TPSA) is 35.5 Å². The molecule has 0 aromatic heterocycles. The fourth-order valence-electron chi connectivity index (χ4n) is 1.02. The number of carbonyl (C=O) groups excluding carboxylic acids is 1. The van der Waals surface area contributed by atoms with Gasteiger partial charge >= 0.3 is 0 Å². The van der Waals surface area contributed by atoms with Gasteiger partial charge in [0.05, 0.1) is 13.2 Å². The van der Waals surface area contributed by atoms with Gasteiger partial charge in [0, 0.05) is 12.5 Å². The molecular formula is C10H18Cl2O3. The second-order valence-electron chi connectivity index (χ2n) is 3.12. The van der Waals surface area contributed by atoms with Crippen LogP contribution in [0.2, 0.25) is 0 Å². The lowest BCUT2D eigenvalue weighted by atomic mass is 10.2. The first-order valence-corrected chi connectivity index (χ1v) is 6.08. The Morgan fingerprint density at radius 3 is 2.27 bits per heavy atom. The Balaban J connectivity index is 2.89. The van der Waals surface area contributed by atoms with Crippen LogP contribution >= 0.6 is 23.2 Å². The van der Waals surface area contributed by atoms with Gasteiger partial charge in [-0.05, 0) is 24.4 Å². The van der Waals surface area contributed by atoms with Gasteiger partial charge in [-0.25, -0.2) is 0 Å². The molecule has 0 aromatic carbocycles. The van der Waals surface area contributed by atoms with E-state index in [2.05, 4.69) is 0 Å². The Bertz CT molecular complexity index is 154. The number of alkyl halides is 1. The van der Waals surface area contributed by atoms with Crippen molar-refractivity contribution in [1.82, 2.24) is 0 Å². The SMILES string of the molecule is O=C(Cl)COCCOCCCCCCCl. The normalized spacial score (nSPS) is 10.5. The second-order valence-corrected chi connectivity index (χ2v) is 3.92. The minimum atomic E-state index is -0.476. The first-order chi connectivity index (χ1) is 7.27. The molecule has 90 valence electrons. The van der Waals surface area contributed by atoms with Gasteiger partial charge in [0.15, 0.2) is 0 Å². The van der Waals surface area contributed by atoms with E-state index in [0.29, 0.717) is 13.2 Å². The number of ether oxygens (including phenoxy) is 2. The molecule has 0 spiro atoms. The van der Waals surface area contributed by atoms with Crippen molar-refractivity contribution in [1.29, 1.82) is 0 Å². The molecule has 0 N–H and O–H groups in total. The summed E-state index contributed by atoms with van der Waals surface area (Å²) in [6.07, 6.45) is 4.42. The molecule has 0 fully saturated rings. The quantitative estimate of drug-likeness (QED) is 0.324. The van der Waals surface area contributed by atoms with Crippen LogP contribution in [-0.4, -0.2) is 37.5 Å². The Morgan fingerprint density at radius 1 is 0.933 bits per heavy atom. The first kappa shape index (κ1) is 15.2. The molecule has 3 nitrogen and oxygen atoms in total. The first-order valence-electron chi connectivity index (χ1n) is 5.17. The molecule has 0 unspecified atom stereocenters. The molecule has 5 heteroatoms. The van der Waals surface area contributed by atoms with Crippen LogP contribution in [0.4, 0.5) is 0 Å². The summed E-state index contributed by atoms with van der Waals surface area (Å²) in [7, 11) is 0. The number of unbranched alkanes of at least 4 members (excludes halogenated alkanes) is 3. The minimum absolute atomic E-state index is 0.0410. The molecule has 0 atom stereocenters. The Kier molecular flexibility index (Phi) is 12.4. The lowest BCUT2D eigenvalue weighted by molar-refractivity contribution is -0.116. The average Bonchev–Trinajstić information content (AvgIpc) is 2.20. The number of hydrogen-bond donors (Lipinski definition) is 0. The Morgan fingerprint density at radius 2 is 1.60 bits per heavy atom. The number of halogens is 2. The molecule has 0 heterocycles. The summed E-state index contributed by atoms with van der Waals surface area (Å²) in [5.41, 5.74) is 0. The molecule has 0 saturated heterocycles. The lowest BCUT2D eigenvalue weighted by Crippen LogP contribution is -2.09. The lowest BCUT2D eigenvalue weighted by Gasteiger charge is -2.03. The summed E-state index contributed by atoms with van der Waals surface area (Å²) < 4.78 is 10.2. The summed E-state index contributed by atoms with van der Waals surface area (Å²) in [6, 6.07) is 0. The minimum Gasteiger partial charge on any atom is -0.379 e. The second kappa shape index (κ2) is 12.2. The highest BCUT2D eigenvalue weighted by atomic mass is 35.5. The van der Waals surface area contributed by atoms with Crippen LogP contribution in [0.5, 0.6) is 0 Å². The maximum absolute atomic E-state index is 10.3. The number of carbonyl (C=O) groups is 1. The van der Waals surface area contributed by atoms with Crippen LogP contribution < -0.4 is 0 Å². The molecule has 0 saturated carbocycles. The van der Waals surface area contributed by atoms with Crippen molar-refractivity contribution in [3.63, 3.8) is 0 Å². The van der Waals surface area contributed by atoms with Crippen molar-refractivity contribution < 1.29 is 14.3 Å². The standard InChI is InChI=1S/C10H18Cl2O3/c11-5-3-1-2-4-6-14-7-8-15-9-10(12)13/h1-9H2. The van der Waals surface area contributed by atoms with Crippen molar-refractivity contribution in [2.24, 2.45) is 0 Å². The predicted molar refractivity (Wildman–Crippen MR) is 61.7 cm³/mol. The fourth-order valence-corrected chi connectivity index (χ4v) is 1.29. The molecule has 0 aromatic rings. The van der Waals surface area contributed by atoms with E-state index < -0.39 is 5.24 Å². The van der Waals surface area contributed by atoms with Crippen molar-refractivity contribution >= 4 is 28.4 Å². The third-order valence-corrected chi connectivity index (χ3v) is 2.14. The zero-order valence-electron chi connectivity index (χ0n) is 8.84. The van der Waals surface area contributed by atoms with Gasteiger partial charge in [0.1, 0.15) is 6.61 Å². The predicted octanol–water partition coefficient (Wildman–Crippen LogP) is 2.58. The van der Waals surface area contributed by atoms with Crippen LogP contribution in [0.15, 0.2) is 0 Å². The monoisotopic (exact) mass is 256 g/mol. The molecule has 15 heavy (non-hydrogen) atoms. The summed E-state index contributed by atoms with van der Waals surface area (Å²) in [5, 5.41) is -0.476. The van der Waals surface area contributed by atoms with E-state index in [9.17, 15) is 4.79 Å². The van der Waals surface area contributed by atoms with Crippen LogP contribution in [0.1, 0.15) is 25.7 Å². The molecule has 0 radical (unpaired) electrons. The van der Waals surface area contributed by atoms with Gasteiger partial charge in [0.2, 0.25) is 5.24 Å².